The van der Waals surface area contributed by atoms with Crippen molar-refractivity contribution in [1.29, 1.82) is 0 Å². The first-order valence-electron chi connectivity index (χ1n) is 3.94. The molecule has 0 saturated heterocycles. The van der Waals surface area contributed by atoms with Gasteiger partial charge >= 0.3 is 0 Å². The molecule has 1 aromatic heterocycles. The highest BCUT2D eigenvalue weighted by molar-refractivity contribution is 7.19. The van der Waals surface area contributed by atoms with Crippen LogP contribution in [0.2, 0.25) is 0 Å². The lowest BCUT2D eigenvalue weighted by Gasteiger charge is -1.95. The second-order valence-electron chi connectivity index (χ2n) is 2.86. The van der Waals surface area contributed by atoms with Gasteiger partial charge in [0.2, 0.25) is 0 Å². The van der Waals surface area contributed by atoms with E-state index in [9.17, 15) is 5.11 Å². The fourth-order valence-corrected chi connectivity index (χ4v) is 2.21. The molecule has 0 aliphatic heterocycles. The average molecular weight is 178 g/mol. The summed E-state index contributed by atoms with van der Waals surface area (Å²) in [5.74, 6) is 0. The van der Waals surface area contributed by atoms with Crippen LogP contribution in [0.5, 0.6) is 0 Å². The van der Waals surface area contributed by atoms with Crippen LogP contribution in [0, 0.1) is 0 Å². The van der Waals surface area contributed by atoms with E-state index in [4.69, 9.17) is 0 Å². The molecule has 1 aromatic carbocycles. The molecule has 0 radical (unpaired) electrons. The number of hydrogen-bond acceptors (Lipinski definition) is 2. The Morgan fingerprint density at radius 1 is 1.33 bits per heavy atom. The molecule has 1 N–H and O–H groups in total. The number of hydrogen-bond donors (Lipinski definition) is 1. The summed E-state index contributed by atoms with van der Waals surface area (Å²) in [5, 5.41) is 10.6. The maximum Gasteiger partial charge on any atom is 0.0854 e. The Kier molecular flexibility index (Phi) is 1.87. The fourth-order valence-electron chi connectivity index (χ4n) is 1.21. The normalized spacial score (nSPS) is 13.5. The molecule has 0 unspecified atom stereocenters. The van der Waals surface area contributed by atoms with Gasteiger partial charge in [-0.05, 0) is 24.4 Å². The first-order chi connectivity index (χ1) is 5.77. The molecule has 2 heteroatoms. The van der Waals surface area contributed by atoms with E-state index < -0.39 is 0 Å². The van der Waals surface area contributed by atoms with Crippen molar-refractivity contribution in [2.24, 2.45) is 0 Å². The van der Waals surface area contributed by atoms with Crippen molar-refractivity contribution < 1.29 is 5.11 Å². The summed E-state index contributed by atoms with van der Waals surface area (Å²) in [6.07, 6.45) is -0.345. The zero-order valence-corrected chi connectivity index (χ0v) is 7.64. The van der Waals surface area contributed by atoms with Crippen LogP contribution in [0.25, 0.3) is 10.1 Å². The predicted molar refractivity (Wildman–Crippen MR) is 52.5 cm³/mol. The van der Waals surface area contributed by atoms with Gasteiger partial charge in [-0.25, -0.2) is 0 Å². The molecule has 1 heterocycles. The molecule has 2 rings (SSSR count). The SMILES string of the molecule is C[C@@H](O)c1cc2ccccc2s1. The van der Waals surface area contributed by atoms with E-state index in [2.05, 4.69) is 12.1 Å². The van der Waals surface area contributed by atoms with Gasteiger partial charge in [0, 0.05) is 9.58 Å². The van der Waals surface area contributed by atoms with Crippen LogP contribution in [0.15, 0.2) is 30.3 Å². The predicted octanol–water partition coefficient (Wildman–Crippen LogP) is 2.95. The van der Waals surface area contributed by atoms with Crippen molar-refractivity contribution >= 4 is 21.4 Å². The molecule has 0 aliphatic rings. The van der Waals surface area contributed by atoms with Crippen molar-refractivity contribution in [2.45, 2.75) is 13.0 Å². The van der Waals surface area contributed by atoms with Gasteiger partial charge in [-0.1, -0.05) is 18.2 Å². The van der Waals surface area contributed by atoms with Gasteiger partial charge in [0.1, 0.15) is 0 Å². The average Bonchev–Trinajstić information content (AvgIpc) is 2.46. The van der Waals surface area contributed by atoms with Gasteiger partial charge in [-0.15, -0.1) is 11.3 Å². The molecule has 2 aromatic rings. The van der Waals surface area contributed by atoms with Gasteiger partial charge < -0.3 is 5.11 Å². The molecule has 0 aliphatic carbocycles. The first-order valence-corrected chi connectivity index (χ1v) is 4.75. The van der Waals surface area contributed by atoms with Gasteiger partial charge in [-0.3, -0.25) is 0 Å². The maximum atomic E-state index is 9.34. The Bertz CT molecular complexity index is 356. The van der Waals surface area contributed by atoms with Crippen LogP contribution >= 0.6 is 11.3 Å². The highest BCUT2D eigenvalue weighted by Gasteiger charge is 2.04. The van der Waals surface area contributed by atoms with Crippen molar-refractivity contribution in [3.05, 3.63) is 35.2 Å². The third-order valence-corrected chi connectivity index (χ3v) is 3.14. The number of aliphatic hydroxyl groups excluding tert-OH is 1. The molecule has 0 amide bonds. The topological polar surface area (TPSA) is 20.2 Å². The Labute approximate surface area is 75.3 Å². The van der Waals surface area contributed by atoms with Crippen molar-refractivity contribution in [3.63, 3.8) is 0 Å². The van der Waals surface area contributed by atoms with E-state index in [0.717, 1.165) is 4.88 Å². The zero-order chi connectivity index (χ0) is 8.55. The summed E-state index contributed by atoms with van der Waals surface area (Å²) < 4.78 is 1.24. The third kappa shape index (κ3) is 1.24. The molecule has 1 nitrogen and oxygen atoms in total. The Hall–Kier alpha value is -0.860. The smallest absolute Gasteiger partial charge is 0.0854 e. The first kappa shape index (κ1) is 7.77. The molecule has 12 heavy (non-hydrogen) atoms. The highest BCUT2D eigenvalue weighted by atomic mass is 32.1. The number of benzene rings is 1. The Morgan fingerprint density at radius 2 is 2.08 bits per heavy atom. The largest absolute Gasteiger partial charge is 0.388 e. The fraction of sp³-hybridized carbons (Fsp3) is 0.200. The number of thiophene rings is 1. The third-order valence-electron chi connectivity index (χ3n) is 1.86. The van der Waals surface area contributed by atoms with Crippen LogP contribution in [-0.2, 0) is 0 Å². The Morgan fingerprint density at radius 3 is 2.75 bits per heavy atom. The highest BCUT2D eigenvalue weighted by Crippen LogP contribution is 2.29. The van der Waals surface area contributed by atoms with Gasteiger partial charge in [0.25, 0.3) is 0 Å². The van der Waals surface area contributed by atoms with Crippen LogP contribution in [-0.4, -0.2) is 5.11 Å². The van der Waals surface area contributed by atoms with E-state index >= 15 is 0 Å². The molecule has 62 valence electrons. The molecule has 0 bridgehead atoms. The molecular weight excluding hydrogens is 168 g/mol. The van der Waals surface area contributed by atoms with Crippen molar-refractivity contribution in [2.75, 3.05) is 0 Å². The summed E-state index contributed by atoms with van der Waals surface area (Å²) >= 11 is 1.66. The molecule has 0 saturated carbocycles. The minimum atomic E-state index is -0.345. The van der Waals surface area contributed by atoms with Crippen LogP contribution in [0.1, 0.15) is 17.9 Å². The van der Waals surface area contributed by atoms with Gasteiger partial charge in [0.15, 0.2) is 0 Å². The summed E-state index contributed by atoms with van der Waals surface area (Å²) in [6.45, 7) is 1.80. The number of fused-ring (bicyclic) bond motifs is 1. The lowest BCUT2D eigenvalue weighted by Crippen LogP contribution is -1.83. The summed E-state index contributed by atoms with van der Waals surface area (Å²) in [6, 6.07) is 10.2. The number of aliphatic hydroxyl groups is 1. The van der Waals surface area contributed by atoms with E-state index in [0.29, 0.717) is 0 Å². The molecule has 0 fully saturated rings. The molecular formula is C10H10OS. The summed E-state index contributed by atoms with van der Waals surface area (Å²) in [7, 11) is 0. The van der Waals surface area contributed by atoms with Crippen LogP contribution < -0.4 is 0 Å². The molecule has 0 spiro atoms. The lowest BCUT2D eigenvalue weighted by atomic mass is 10.2. The maximum absolute atomic E-state index is 9.34. The lowest BCUT2D eigenvalue weighted by molar-refractivity contribution is 0.203. The second-order valence-corrected chi connectivity index (χ2v) is 3.98. The Balaban J connectivity index is 2.62. The van der Waals surface area contributed by atoms with E-state index in [-0.39, 0.29) is 6.10 Å². The standard InChI is InChI=1S/C10H10OS/c1-7(11)10-6-8-4-2-3-5-9(8)12-10/h2-7,11H,1H3/t7-/m1/s1. The van der Waals surface area contributed by atoms with E-state index in [1.807, 2.05) is 18.2 Å². The number of rotatable bonds is 1. The molecule has 1 atom stereocenters. The van der Waals surface area contributed by atoms with Crippen molar-refractivity contribution in [1.82, 2.24) is 0 Å². The minimum Gasteiger partial charge on any atom is -0.388 e. The quantitative estimate of drug-likeness (QED) is 0.711. The van der Waals surface area contributed by atoms with Crippen LogP contribution in [0.4, 0.5) is 0 Å². The monoisotopic (exact) mass is 178 g/mol. The van der Waals surface area contributed by atoms with E-state index in [1.165, 1.54) is 10.1 Å². The van der Waals surface area contributed by atoms with Gasteiger partial charge in [0.05, 0.1) is 6.10 Å². The van der Waals surface area contributed by atoms with Gasteiger partial charge in [-0.2, -0.15) is 0 Å². The van der Waals surface area contributed by atoms with Crippen LogP contribution in [0.3, 0.4) is 0 Å². The summed E-state index contributed by atoms with van der Waals surface area (Å²) in [5.41, 5.74) is 0. The van der Waals surface area contributed by atoms with Crippen molar-refractivity contribution in [3.8, 4) is 0 Å². The minimum absolute atomic E-state index is 0.345. The second kappa shape index (κ2) is 2.88. The van der Waals surface area contributed by atoms with E-state index in [1.54, 1.807) is 18.3 Å². The zero-order valence-electron chi connectivity index (χ0n) is 6.82. The summed E-state index contributed by atoms with van der Waals surface area (Å²) in [4.78, 5) is 1.04.